The van der Waals surface area contributed by atoms with Gasteiger partial charge in [0.15, 0.2) is 5.82 Å². The summed E-state index contributed by atoms with van der Waals surface area (Å²) in [4.78, 5) is 1.45. The summed E-state index contributed by atoms with van der Waals surface area (Å²) in [6.45, 7) is 0.903. The Bertz CT molecular complexity index is 313. The monoisotopic (exact) mass is 211 g/mol. The molecular formula is C9H17N5O. The molecule has 1 aliphatic carbocycles. The molecule has 84 valence electrons. The molecule has 6 nitrogen and oxygen atoms in total. The van der Waals surface area contributed by atoms with Gasteiger partial charge in [-0.25, -0.2) is 0 Å². The van der Waals surface area contributed by atoms with Gasteiger partial charge in [0.05, 0.1) is 13.6 Å². The third kappa shape index (κ3) is 2.51. The van der Waals surface area contributed by atoms with Crippen LogP contribution >= 0.6 is 0 Å². The van der Waals surface area contributed by atoms with E-state index in [2.05, 4.69) is 20.7 Å². The van der Waals surface area contributed by atoms with Crippen molar-refractivity contribution in [3.05, 3.63) is 5.82 Å². The Kier molecular flexibility index (Phi) is 3.27. The van der Waals surface area contributed by atoms with Crippen LogP contribution in [-0.4, -0.2) is 38.0 Å². The molecule has 2 N–H and O–H groups in total. The molecule has 0 radical (unpaired) electrons. The Morgan fingerprint density at radius 3 is 3.07 bits per heavy atom. The molecule has 1 aromatic rings. The fourth-order valence-electron chi connectivity index (χ4n) is 2.14. The van der Waals surface area contributed by atoms with E-state index in [1.807, 2.05) is 0 Å². The van der Waals surface area contributed by atoms with Crippen molar-refractivity contribution in [2.24, 2.45) is 13.0 Å². The van der Waals surface area contributed by atoms with E-state index >= 15 is 0 Å². The highest BCUT2D eigenvalue weighted by Crippen LogP contribution is 2.24. The molecule has 2 unspecified atom stereocenters. The Balaban J connectivity index is 1.82. The third-order valence-corrected chi connectivity index (χ3v) is 2.97. The minimum absolute atomic E-state index is 0.269. The largest absolute Gasteiger partial charge is 0.396 e. The lowest BCUT2D eigenvalue weighted by atomic mass is 10.1. The van der Waals surface area contributed by atoms with E-state index in [0.717, 1.165) is 12.8 Å². The Morgan fingerprint density at radius 1 is 1.53 bits per heavy atom. The van der Waals surface area contributed by atoms with Crippen LogP contribution in [-0.2, 0) is 13.6 Å². The van der Waals surface area contributed by atoms with Gasteiger partial charge >= 0.3 is 0 Å². The van der Waals surface area contributed by atoms with Gasteiger partial charge in [-0.15, -0.1) is 10.2 Å². The molecule has 6 heteroatoms. The van der Waals surface area contributed by atoms with E-state index < -0.39 is 0 Å². The van der Waals surface area contributed by atoms with E-state index in [4.69, 9.17) is 5.11 Å². The zero-order valence-electron chi connectivity index (χ0n) is 8.93. The second kappa shape index (κ2) is 4.67. The van der Waals surface area contributed by atoms with Gasteiger partial charge in [0.2, 0.25) is 0 Å². The van der Waals surface area contributed by atoms with Crippen LogP contribution in [0.15, 0.2) is 0 Å². The first-order valence-electron chi connectivity index (χ1n) is 5.36. The number of aromatic nitrogens is 4. The predicted molar refractivity (Wildman–Crippen MR) is 53.9 cm³/mol. The summed E-state index contributed by atoms with van der Waals surface area (Å²) in [6.07, 6.45) is 3.43. The molecule has 0 bridgehead atoms. The van der Waals surface area contributed by atoms with Gasteiger partial charge in [0.1, 0.15) is 0 Å². The number of nitrogens with one attached hydrogen (secondary N) is 1. The molecule has 2 rings (SSSR count). The van der Waals surface area contributed by atoms with Crippen LogP contribution in [0.25, 0.3) is 0 Å². The number of nitrogens with zero attached hydrogens (tertiary/aromatic N) is 4. The van der Waals surface area contributed by atoms with Crippen LogP contribution in [0, 0.1) is 5.92 Å². The van der Waals surface area contributed by atoms with Crippen LogP contribution in [0.2, 0.25) is 0 Å². The molecule has 0 aromatic carbocycles. The summed E-state index contributed by atoms with van der Waals surface area (Å²) in [5, 5.41) is 24.3. The Labute approximate surface area is 88.7 Å². The second-order valence-electron chi connectivity index (χ2n) is 4.06. The summed E-state index contributed by atoms with van der Waals surface area (Å²) in [7, 11) is 1.75. The van der Waals surface area contributed by atoms with Crippen molar-refractivity contribution in [2.75, 3.05) is 6.61 Å². The standard InChI is InChI=1S/C9H17N5O/c1-14-12-9(11-13-14)5-10-8-4-2-3-7(8)6-15/h7-8,10,15H,2-6H2,1H3. The van der Waals surface area contributed by atoms with Gasteiger partial charge in [-0.1, -0.05) is 6.42 Å². The van der Waals surface area contributed by atoms with Crippen molar-refractivity contribution in [1.29, 1.82) is 0 Å². The van der Waals surface area contributed by atoms with Crippen molar-refractivity contribution in [2.45, 2.75) is 31.8 Å². The fraction of sp³-hybridized carbons (Fsp3) is 0.889. The molecule has 0 saturated heterocycles. The molecule has 2 atom stereocenters. The maximum Gasteiger partial charge on any atom is 0.188 e. The molecular weight excluding hydrogens is 194 g/mol. The first-order chi connectivity index (χ1) is 7.29. The highest BCUT2D eigenvalue weighted by atomic mass is 16.3. The molecule has 1 aromatic heterocycles. The zero-order chi connectivity index (χ0) is 10.7. The molecule has 0 aliphatic heterocycles. The topological polar surface area (TPSA) is 75.9 Å². The van der Waals surface area contributed by atoms with Gasteiger partial charge in [-0.3, -0.25) is 0 Å². The van der Waals surface area contributed by atoms with Crippen molar-refractivity contribution in [3.63, 3.8) is 0 Å². The smallest absolute Gasteiger partial charge is 0.188 e. The maximum atomic E-state index is 9.15. The lowest BCUT2D eigenvalue weighted by Crippen LogP contribution is -2.33. The minimum Gasteiger partial charge on any atom is -0.396 e. The predicted octanol–water partition coefficient (Wildman–Crippen LogP) is -0.539. The number of aliphatic hydroxyl groups excluding tert-OH is 1. The highest BCUT2D eigenvalue weighted by Gasteiger charge is 2.26. The first-order valence-corrected chi connectivity index (χ1v) is 5.36. The Hall–Kier alpha value is -1.01. The Morgan fingerprint density at radius 2 is 2.40 bits per heavy atom. The SMILES string of the molecule is Cn1nnc(CNC2CCCC2CO)n1. The quantitative estimate of drug-likeness (QED) is 0.699. The second-order valence-corrected chi connectivity index (χ2v) is 4.06. The van der Waals surface area contributed by atoms with Crippen molar-refractivity contribution < 1.29 is 5.11 Å². The molecule has 1 fully saturated rings. The normalized spacial score (nSPS) is 26.0. The number of aryl methyl sites for hydroxylation is 1. The number of aliphatic hydroxyl groups is 1. The summed E-state index contributed by atoms with van der Waals surface area (Å²) >= 11 is 0. The molecule has 1 saturated carbocycles. The van der Waals surface area contributed by atoms with E-state index in [-0.39, 0.29) is 6.61 Å². The average Bonchev–Trinajstić information content (AvgIpc) is 2.83. The highest BCUT2D eigenvalue weighted by molar-refractivity contribution is 4.85. The van der Waals surface area contributed by atoms with E-state index in [0.29, 0.717) is 24.3 Å². The van der Waals surface area contributed by atoms with Crippen LogP contribution in [0.1, 0.15) is 25.1 Å². The van der Waals surface area contributed by atoms with Gasteiger partial charge < -0.3 is 10.4 Å². The zero-order valence-corrected chi connectivity index (χ0v) is 8.93. The summed E-state index contributed by atoms with van der Waals surface area (Å²) in [5.41, 5.74) is 0. The fourth-order valence-corrected chi connectivity index (χ4v) is 2.14. The van der Waals surface area contributed by atoms with Crippen LogP contribution in [0.4, 0.5) is 0 Å². The van der Waals surface area contributed by atoms with E-state index in [1.165, 1.54) is 11.2 Å². The van der Waals surface area contributed by atoms with Gasteiger partial charge in [-0.2, -0.15) is 4.80 Å². The number of hydrogen-bond acceptors (Lipinski definition) is 5. The number of tetrazole rings is 1. The number of hydrogen-bond donors (Lipinski definition) is 2. The minimum atomic E-state index is 0.269. The summed E-state index contributed by atoms with van der Waals surface area (Å²) in [5.74, 6) is 1.10. The summed E-state index contributed by atoms with van der Waals surface area (Å²) < 4.78 is 0. The first kappa shape index (κ1) is 10.5. The molecule has 1 heterocycles. The van der Waals surface area contributed by atoms with Crippen LogP contribution < -0.4 is 5.32 Å². The third-order valence-electron chi connectivity index (χ3n) is 2.97. The average molecular weight is 211 g/mol. The van der Waals surface area contributed by atoms with Gasteiger partial charge in [0.25, 0.3) is 0 Å². The summed E-state index contributed by atoms with van der Waals surface area (Å²) in [6, 6.07) is 0.402. The van der Waals surface area contributed by atoms with Crippen LogP contribution in [0.5, 0.6) is 0 Å². The van der Waals surface area contributed by atoms with E-state index in [1.54, 1.807) is 7.05 Å². The van der Waals surface area contributed by atoms with E-state index in [9.17, 15) is 0 Å². The van der Waals surface area contributed by atoms with Crippen LogP contribution in [0.3, 0.4) is 0 Å². The molecule has 1 aliphatic rings. The van der Waals surface area contributed by atoms with Crippen molar-refractivity contribution in [1.82, 2.24) is 25.5 Å². The molecule has 0 spiro atoms. The number of rotatable bonds is 4. The van der Waals surface area contributed by atoms with Crippen molar-refractivity contribution in [3.8, 4) is 0 Å². The molecule has 15 heavy (non-hydrogen) atoms. The maximum absolute atomic E-state index is 9.15. The molecule has 0 amide bonds. The van der Waals surface area contributed by atoms with Crippen molar-refractivity contribution >= 4 is 0 Å². The van der Waals surface area contributed by atoms with Gasteiger partial charge in [-0.05, 0) is 24.0 Å². The van der Waals surface area contributed by atoms with Gasteiger partial charge in [0, 0.05) is 12.6 Å². The lowest BCUT2D eigenvalue weighted by Gasteiger charge is -2.17. The lowest BCUT2D eigenvalue weighted by molar-refractivity contribution is 0.204.